The summed E-state index contributed by atoms with van der Waals surface area (Å²) in [5, 5.41) is 3.25. The Hall–Kier alpha value is -1.43. The number of ether oxygens (including phenoxy) is 1. The van der Waals surface area contributed by atoms with E-state index in [1.165, 1.54) is 0 Å². The minimum absolute atomic E-state index is 0.577. The van der Waals surface area contributed by atoms with Crippen molar-refractivity contribution in [2.75, 3.05) is 19.4 Å². The fourth-order valence-electron chi connectivity index (χ4n) is 1.54. The monoisotopic (exact) mass is 294 g/mol. The van der Waals surface area contributed by atoms with Crippen LogP contribution in [0.2, 0.25) is 0 Å². The summed E-state index contributed by atoms with van der Waals surface area (Å²) < 4.78 is 5.07. The topological polar surface area (TPSA) is 63.2 Å². The van der Waals surface area contributed by atoms with Crippen LogP contribution in [0.1, 0.15) is 12.8 Å². The highest BCUT2D eigenvalue weighted by molar-refractivity contribution is 7.99. The van der Waals surface area contributed by atoms with E-state index in [1.54, 1.807) is 18.9 Å². The molecule has 0 saturated heterocycles. The molecule has 0 bridgehead atoms. The summed E-state index contributed by atoms with van der Waals surface area (Å²) >= 11 is 6.19. The van der Waals surface area contributed by atoms with Gasteiger partial charge in [0.15, 0.2) is 10.8 Å². The number of imidazole rings is 1. The number of pyridine rings is 1. The Balaban J connectivity index is 1.88. The van der Waals surface area contributed by atoms with Crippen molar-refractivity contribution >= 4 is 40.3 Å². The van der Waals surface area contributed by atoms with Gasteiger partial charge >= 0.3 is 0 Å². The van der Waals surface area contributed by atoms with E-state index in [1.807, 2.05) is 12.1 Å². The number of fused-ring (bicyclic) bond motifs is 1. The lowest BCUT2D eigenvalue weighted by Gasteiger charge is -1.95. The summed E-state index contributed by atoms with van der Waals surface area (Å²) in [4.78, 5) is 15.8. The Kier molecular flexibility index (Phi) is 5.32. The van der Waals surface area contributed by atoms with Crippen molar-refractivity contribution in [2.45, 2.75) is 18.0 Å². The second-order valence-corrected chi connectivity index (χ2v) is 5.06. The van der Waals surface area contributed by atoms with Gasteiger partial charge in [-0.2, -0.15) is 4.98 Å². The Morgan fingerprint density at radius 1 is 1.42 bits per heavy atom. The van der Waals surface area contributed by atoms with Crippen molar-refractivity contribution in [3.8, 4) is 5.88 Å². The maximum absolute atomic E-state index is 5.07. The Labute approximate surface area is 120 Å². The van der Waals surface area contributed by atoms with Crippen LogP contribution in [0.3, 0.4) is 0 Å². The minimum atomic E-state index is 0.577. The molecule has 19 heavy (non-hydrogen) atoms. The number of aromatic nitrogens is 3. The number of unbranched alkanes of at least 4 members (excludes halogenated alkanes) is 1. The largest absolute Gasteiger partial charge is 0.481 e. The minimum Gasteiger partial charge on any atom is -0.481 e. The normalized spacial score (nSPS) is 10.4. The number of methoxy groups -OCH3 is 1. The highest BCUT2D eigenvalue weighted by Crippen LogP contribution is 2.21. The summed E-state index contributed by atoms with van der Waals surface area (Å²) in [6, 6.07) is 3.74. The number of nitrogens with one attached hydrogen (secondary N) is 1. The van der Waals surface area contributed by atoms with Crippen molar-refractivity contribution in [3.63, 3.8) is 0 Å². The zero-order valence-electron chi connectivity index (χ0n) is 10.5. The molecule has 1 N–H and O–H groups in total. The van der Waals surface area contributed by atoms with Gasteiger partial charge in [-0.05, 0) is 31.1 Å². The summed E-state index contributed by atoms with van der Waals surface area (Å²) in [7, 11) is 1.60. The first kappa shape index (κ1) is 14.0. The van der Waals surface area contributed by atoms with Crippen LogP contribution in [-0.2, 0) is 0 Å². The van der Waals surface area contributed by atoms with E-state index in [-0.39, 0.29) is 0 Å². The fourth-order valence-corrected chi connectivity index (χ4v) is 2.51. The van der Waals surface area contributed by atoms with Crippen LogP contribution in [-0.4, -0.2) is 39.5 Å². The summed E-state index contributed by atoms with van der Waals surface area (Å²) in [6.45, 7) is 0.753. The van der Waals surface area contributed by atoms with Gasteiger partial charge in [0, 0.05) is 18.4 Å². The molecule has 5 nitrogen and oxygen atoms in total. The van der Waals surface area contributed by atoms with Gasteiger partial charge in [0.25, 0.3) is 0 Å². The first-order valence-corrected chi connectivity index (χ1v) is 7.30. The van der Waals surface area contributed by atoms with E-state index in [2.05, 4.69) is 37.3 Å². The van der Waals surface area contributed by atoms with Crippen LogP contribution in [0.4, 0.5) is 0 Å². The lowest BCUT2D eigenvalue weighted by Crippen LogP contribution is -1.86. The molecule has 0 saturated carbocycles. The van der Waals surface area contributed by atoms with Crippen molar-refractivity contribution < 1.29 is 4.74 Å². The van der Waals surface area contributed by atoms with Crippen LogP contribution in [0.15, 0.2) is 22.3 Å². The highest BCUT2D eigenvalue weighted by atomic mass is 32.2. The molecule has 2 rings (SSSR count). The number of thiocarbonyl (C=S) groups is 1. The summed E-state index contributed by atoms with van der Waals surface area (Å²) in [5.41, 5.74) is 1.61. The van der Waals surface area contributed by atoms with Crippen LogP contribution in [0.5, 0.6) is 5.88 Å². The van der Waals surface area contributed by atoms with Gasteiger partial charge in [0.2, 0.25) is 5.88 Å². The molecule has 0 aliphatic rings. The van der Waals surface area contributed by atoms with E-state index in [0.29, 0.717) is 11.5 Å². The molecule has 100 valence electrons. The van der Waals surface area contributed by atoms with Crippen molar-refractivity contribution in [2.24, 2.45) is 4.99 Å². The predicted molar refractivity (Wildman–Crippen MR) is 80.3 cm³/mol. The quantitative estimate of drug-likeness (QED) is 0.368. The SMILES string of the molecule is COc1ccc2[nH]c(SCCCCN=C=S)nc2n1. The molecule has 2 aromatic heterocycles. The molecule has 0 spiro atoms. The molecule has 0 fully saturated rings. The number of isothiocyanates is 1. The molecule has 0 unspecified atom stereocenters. The maximum Gasteiger partial charge on any atom is 0.215 e. The summed E-state index contributed by atoms with van der Waals surface area (Å²) in [5.74, 6) is 1.57. The molecule has 0 aliphatic heterocycles. The van der Waals surface area contributed by atoms with Crippen LogP contribution in [0, 0.1) is 0 Å². The van der Waals surface area contributed by atoms with E-state index >= 15 is 0 Å². The molecule has 2 aromatic rings. The zero-order valence-corrected chi connectivity index (χ0v) is 12.2. The number of H-pyrrole nitrogens is 1. The second kappa shape index (κ2) is 7.23. The molecule has 7 heteroatoms. The van der Waals surface area contributed by atoms with Crippen molar-refractivity contribution in [1.29, 1.82) is 0 Å². The Bertz CT molecular complexity index is 592. The highest BCUT2D eigenvalue weighted by Gasteiger charge is 2.05. The molecule has 0 atom stereocenters. The summed E-state index contributed by atoms with van der Waals surface area (Å²) in [6.07, 6.45) is 2.09. The number of hydrogen-bond acceptors (Lipinski definition) is 6. The maximum atomic E-state index is 5.07. The van der Waals surface area contributed by atoms with Gasteiger partial charge in [0.1, 0.15) is 0 Å². The molecular formula is C12H14N4OS2. The van der Waals surface area contributed by atoms with Gasteiger partial charge in [-0.15, -0.1) is 0 Å². The van der Waals surface area contributed by atoms with E-state index in [9.17, 15) is 0 Å². The third kappa shape index (κ3) is 4.02. The number of aliphatic imine (C=N–C) groups is 1. The molecular weight excluding hydrogens is 280 g/mol. The first-order valence-electron chi connectivity index (χ1n) is 5.90. The number of hydrogen-bond donors (Lipinski definition) is 1. The second-order valence-electron chi connectivity index (χ2n) is 3.80. The van der Waals surface area contributed by atoms with Gasteiger partial charge in [-0.3, -0.25) is 0 Å². The van der Waals surface area contributed by atoms with Crippen LogP contribution in [0.25, 0.3) is 11.2 Å². The van der Waals surface area contributed by atoms with Gasteiger partial charge in [-0.1, -0.05) is 11.8 Å². The molecule has 2 heterocycles. The molecule has 0 aromatic carbocycles. The third-order valence-electron chi connectivity index (χ3n) is 2.48. The standard InChI is InChI=1S/C12H14N4OS2/c1-17-10-5-4-9-11(15-10)16-12(14-9)19-7-3-2-6-13-8-18/h4-5H,2-3,6-7H2,1H3,(H,14,15,16). The Morgan fingerprint density at radius 2 is 2.32 bits per heavy atom. The number of thioether (sulfide) groups is 1. The van der Waals surface area contributed by atoms with Gasteiger partial charge in [0.05, 0.1) is 17.8 Å². The number of rotatable bonds is 7. The van der Waals surface area contributed by atoms with Crippen LogP contribution >= 0.6 is 24.0 Å². The van der Waals surface area contributed by atoms with Gasteiger partial charge in [-0.25, -0.2) is 9.98 Å². The van der Waals surface area contributed by atoms with Crippen molar-refractivity contribution in [1.82, 2.24) is 15.0 Å². The van der Waals surface area contributed by atoms with Crippen molar-refractivity contribution in [3.05, 3.63) is 12.1 Å². The smallest absolute Gasteiger partial charge is 0.215 e. The molecule has 0 aliphatic carbocycles. The van der Waals surface area contributed by atoms with E-state index < -0.39 is 0 Å². The molecule has 0 radical (unpaired) electrons. The average Bonchev–Trinajstić information content (AvgIpc) is 2.84. The first-order chi connectivity index (χ1) is 9.33. The molecule has 0 amide bonds. The van der Waals surface area contributed by atoms with Gasteiger partial charge < -0.3 is 9.72 Å². The predicted octanol–water partition coefficient (Wildman–Crippen LogP) is 2.94. The fraction of sp³-hybridized carbons (Fsp3) is 0.417. The lowest BCUT2D eigenvalue weighted by molar-refractivity contribution is 0.399. The lowest BCUT2D eigenvalue weighted by atomic mass is 10.3. The zero-order chi connectivity index (χ0) is 13.5. The van der Waals surface area contributed by atoms with E-state index in [4.69, 9.17) is 4.74 Å². The Morgan fingerprint density at radius 3 is 3.11 bits per heavy atom. The number of nitrogens with zero attached hydrogens (tertiary/aromatic N) is 3. The van der Waals surface area contributed by atoms with E-state index in [0.717, 1.165) is 35.8 Å². The number of aromatic amines is 1. The third-order valence-corrected chi connectivity index (χ3v) is 3.56. The average molecular weight is 294 g/mol. The van der Waals surface area contributed by atoms with Crippen LogP contribution < -0.4 is 4.74 Å².